The fourth-order valence-electron chi connectivity index (χ4n) is 1.91. The van der Waals surface area contributed by atoms with Crippen molar-refractivity contribution >= 4 is 0 Å². The summed E-state index contributed by atoms with van der Waals surface area (Å²) in [5.74, 6) is 1.44. The van der Waals surface area contributed by atoms with Gasteiger partial charge in [0.2, 0.25) is 0 Å². The molecule has 2 nitrogen and oxygen atoms in total. The van der Waals surface area contributed by atoms with Crippen LogP contribution in [-0.4, -0.2) is 13.1 Å². The third kappa shape index (κ3) is 1.70. The monoisotopic (exact) mass is 142 g/mol. The largest absolute Gasteiger partial charge is 0.330 e. The van der Waals surface area contributed by atoms with Crippen molar-refractivity contribution in [1.82, 2.24) is 0 Å². The zero-order valence-electron chi connectivity index (χ0n) is 6.55. The highest BCUT2D eigenvalue weighted by molar-refractivity contribution is 4.76. The Morgan fingerprint density at radius 2 is 1.60 bits per heavy atom. The molecule has 0 atom stereocenters. The molecule has 0 aromatic heterocycles. The van der Waals surface area contributed by atoms with E-state index in [0.717, 1.165) is 19.0 Å². The maximum absolute atomic E-state index is 5.58. The molecule has 1 aliphatic carbocycles. The third-order valence-corrected chi connectivity index (χ3v) is 2.67. The highest BCUT2D eigenvalue weighted by Gasteiger charge is 2.22. The Hall–Kier alpha value is -0.0800. The van der Waals surface area contributed by atoms with E-state index in [1.165, 1.54) is 25.7 Å². The van der Waals surface area contributed by atoms with Crippen LogP contribution in [0.5, 0.6) is 0 Å². The van der Waals surface area contributed by atoms with Crippen LogP contribution < -0.4 is 11.5 Å². The van der Waals surface area contributed by atoms with E-state index in [4.69, 9.17) is 11.5 Å². The summed E-state index contributed by atoms with van der Waals surface area (Å²) >= 11 is 0. The summed E-state index contributed by atoms with van der Waals surface area (Å²) in [7, 11) is 0. The maximum atomic E-state index is 5.58. The van der Waals surface area contributed by atoms with Gasteiger partial charge in [0.15, 0.2) is 0 Å². The Bertz CT molecular complexity index is 83.3. The van der Waals surface area contributed by atoms with E-state index < -0.39 is 0 Å². The summed E-state index contributed by atoms with van der Waals surface area (Å²) in [4.78, 5) is 0. The second kappa shape index (κ2) is 3.94. The molecule has 1 saturated carbocycles. The van der Waals surface area contributed by atoms with Gasteiger partial charge in [0.1, 0.15) is 0 Å². The summed E-state index contributed by atoms with van der Waals surface area (Å²) in [5, 5.41) is 0. The van der Waals surface area contributed by atoms with Crippen LogP contribution in [0.4, 0.5) is 0 Å². The van der Waals surface area contributed by atoms with E-state index >= 15 is 0 Å². The van der Waals surface area contributed by atoms with Crippen LogP contribution in [-0.2, 0) is 0 Å². The average molecular weight is 142 g/mol. The van der Waals surface area contributed by atoms with Crippen LogP contribution >= 0.6 is 0 Å². The minimum absolute atomic E-state index is 0.600. The summed E-state index contributed by atoms with van der Waals surface area (Å²) < 4.78 is 0. The zero-order valence-corrected chi connectivity index (χ0v) is 6.55. The Kier molecular flexibility index (Phi) is 3.16. The fraction of sp³-hybridized carbons (Fsp3) is 1.00. The van der Waals surface area contributed by atoms with Gasteiger partial charge in [-0.1, -0.05) is 25.7 Å². The van der Waals surface area contributed by atoms with Crippen molar-refractivity contribution in [3.63, 3.8) is 0 Å². The number of hydrogen-bond donors (Lipinski definition) is 2. The molecular weight excluding hydrogens is 124 g/mol. The first kappa shape index (κ1) is 8.02. The third-order valence-electron chi connectivity index (χ3n) is 2.67. The summed E-state index contributed by atoms with van der Waals surface area (Å²) in [6.45, 7) is 1.56. The number of hydrogen-bond acceptors (Lipinski definition) is 2. The molecule has 0 radical (unpaired) electrons. The highest BCUT2D eigenvalue weighted by atomic mass is 14.6. The van der Waals surface area contributed by atoms with E-state index in [0.29, 0.717) is 5.92 Å². The molecule has 10 heavy (non-hydrogen) atoms. The molecule has 0 aliphatic heterocycles. The van der Waals surface area contributed by atoms with Gasteiger partial charge in [-0.25, -0.2) is 0 Å². The van der Waals surface area contributed by atoms with Crippen molar-refractivity contribution in [1.29, 1.82) is 0 Å². The van der Waals surface area contributed by atoms with E-state index in [-0.39, 0.29) is 0 Å². The molecule has 0 spiro atoms. The Labute approximate surface area is 63.0 Å². The smallest absolute Gasteiger partial charge is 0.00341 e. The normalized spacial score (nSPS) is 20.7. The van der Waals surface area contributed by atoms with Gasteiger partial charge in [0.25, 0.3) is 0 Å². The molecule has 0 amide bonds. The van der Waals surface area contributed by atoms with E-state index in [2.05, 4.69) is 0 Å². The minimum atomic E-state index is 0.600. The Morgan fingerprint density at radius 1 is 1.10 bits per heavy atom. The van der Waals surface area contributed by atoms with Crippen molar-refractivity contribution in [2.75, 3.05) is 13.1 Å². The number of nitrogens with two attached hydrogens (primary N) is 2. The van der Waals surface area contributed by atoms with Crippen LogP contribution in [0.25, 0.3) is 0 Å². The van der Waals surface area contributed by atoms with E-state index in [1.807, 2.05) is 0 Å². The first-order valence-corrected chi connectivity index (χ1v) is 4.28. The summed E-state index contributed by atoms with van der Waals surface area (Å²) in [6, 6.07) is 0. The number of rotatable bonds is 3. The summed E-state index contributed by atoms with van der Waals surface area (Å²) in [5.41, 5.74) is 11.2. The molecule has 0 aromatic rings. The van der Waals surface area contributed by atoms with E-state index in [9.17, 15) is 0 Å². The van der Waals surface area contributed by atoms with Gasteiger partial charge in [-0.2, -0.15) is 0 Å². The lowest BCUT2D eigenvalue weighted by molar-refractivity contribution is 0.355. The molecule has 0 bridgehead atoms. The van der Waals surface area contributed by atoms with Crippen molar-refractivity contribution < 1.29 is 0 Å². The average Bonchev–Trinajstić information content (AvgIpc) is 2.43. The molecule has 1 rings (SSSR count). The van der Waals surface area contributed by atoms with E-state index in [1.54, 1.807) is 0 Å². The Morgan fingerprint density at radius 3 is 2.00 bits per heavy atom. The highest BCUT2D eigenvalue weighted by Crippen LogP contribution is 2.30. The second-order valence-corrected chi connectivity index (χ2v) is 3.28. The lowest BCUT2D eigenvalue weighted by Gasteiger charge is -2.18. The molecule has 0 saturated heterocycles. The Balaban J connectivity index is 2.29. The van der Waals surface area contributed by atoms with Crippen LogP contribution in [0.3, 0.4) is 0 Å². The van der Waals surface area contributed by atoms with Crippen LogP contribution in [0, 0.1) is 11.8 Å². The first-order valence-electron chi connectivity index (χ1n) is 4.28. The predicted molar refractivity (Wildman–Crippen MR) is 43.6 cm³/mol. The standard InChI is InChI=1S/C8H18N2/c9-5-8(6-10)7-3-1-2-4-7/h7-8H,1-6,9-10H2. The maximum Gasteiger partial charge on any atom is -0.00341 e. The molecular formula is C8H18N2. The van der Waals surface area contributed by atoms with Gasteiger partial charge in [-0.05, 0) is 24.9 Å². The molecule has 1 fully saturated rings. The minimum Gasteiger partial charge on any atom is -0.330 e. The van der Waals surface area contributed by atoms with Crippen molar-refractivity contribution in [2.24, 2.45) is 23.3 Å². The van der Waals surface area contributed by atoms with Crippen molar-refractivity contribution in [3.05, 3.63) is 0 Å². The molecule has 2 heteroatoms. The predicted octanol–water partition coefficient (Wildman–Crippen LogP) is 0.710. The lowest BCUT2D eigenvalue weighted by atomic mass is 9.91. The quantitative estimate of drug-likeness (QED) is 0.609. The van der Waals surface area contributed by atoms with Gasteiger partial charge >= 0.3 is 0 Å². The molecule has 0 heterocycles. The SMILES string of the molecule is NCC(CN)C1CCCC1. The van der Waals surface area contributed by atoms with Crippen LogP contribution in [0.2, 0.25) is 0 Å². The van der Waals surface area contributed by atoms with Crippen LogP contribution in [0.15, 0.2) is 0 Å². The van der Waals surface area contributed by atoms with Gasteiger partial charge in [-0.3, -0.25) is 0 Å². The van der Waals surface area contributed by atoms with Gasteiger partial charge in [0.05, 0.1) is 0 Å². The topological polar surface area (TPSA) is 52.0 Å². The molecule has 1 aliphatic rings. The molecule has 4 N–H and O–H groups in total. The van der Waals surface area contributed by atoms with Gasteiger partial charge < -0.3 is 11.5 Å². The van der Waals surface area contributed by atoms with Gasteiger partial charge in [0, 0.05) is 0 Å². The van der Waals surface area contributed by atoms with Crippen molar-refractivity contribution in [2.45, 2.75) is 25.7 Å². The molecule has 0 aromatic carbocycles. The molecule has 0 unspecified atom stereocenters. The fourth-order valence-corrected chi connectivity index (χ4v) is 1.91. The molecule has 60 valence electrons. The van der Waals surface area contributed by atoms with Crippen LogP contribution in [0.1, 0.15) is 25.7 Å². The first-order chi connectivity index (χ1) is 4.88. The van der Waals surface area contributed by atoms with Gasteiger partial charge in [-0.15, -0.1) is 0 Å². The zero-order chi connectivity index (χ0) is 7.40. The second-order valence-electron chi connectivity index (χ2n) is 3.28. The summed E-state index contributed by atoms with van der Waals surface area (Å²) in [6.07, 6.45) is 5.50. The van der Waals surface area contributed by atoms with Crippen molar-refractivity contribution in [3.8, 4) is 0 Å². The lowest BCUT2D eigenvalue weighted by Crippen LogP contribution is -2.29.